The molecule has 1 rings (SSSR count). The molecule has 1 aromatic carbocycles. The second kappa shape index (κ2) is 7.04. The Labute approximate surface area is 113 Å². The molecule has 0 heterocycles. The summed E-state index contributed by atoms with van der Waals surface area (Å²) in [4.78, 5) is 23.2. The Balaban J connectivity index is 2.86. The van der Waals surface area contributed by atoms with E-state index in [0.717, 1.165) is 12.0 Å². The van der Waals surface area contributed by atoms with Gasteiger partial charge in [-0.2, -0.15) is 0 Å². The highest BCUT2D eigenvalue weighted by molar-refractivity contribution is 6.01. The summed E-state index contributed by atoms with van der Waals surface area (Å²) in [6, 6.07) is 6.63. The van der Waals surface area contributed by atoms with Crippen LogP contribution in [0.2, 0.25) is 0 Å². The lowest BCUT2D eigenvalue weighted by molar-refractivity contribution is -0.137. The van der Waals surface area contributed by atoms with Crippen LogP contribution in [0.1, 0.15) is 42.6 Å². The first-order valence-electron chi connectivity index (χ1n) is 6.52. The molecular formula is C15H21NO3. The van der Waals surface area contributed by atoms with E-state index in [0.29, 0.717) is 5.56 Å². The normalized spacial score (nSPS) is 13.8. The van der Waals surface area contributed by atoms with E-state index in [2.05, 4.69) is 5.32 Å². The van der Waals surface area contributed by atoms with Crippen molar-refractivity contribution in [1.82, 2.24) is 5.32 Å². The number of hydrogen-bond donors (Lipinski definition) is 2. The van der Waals surface area contributed by atoms with E-state index in [1.54, 1.807) is 12.1 Å². The Morgan fingerprint density at radius 1 is 1.26 bits per heavy atom. The van der Waals surface area contributed by atoms with Crippen molar-refractivity contribution in [3.05, 3.63) is 35.4 Å². The second-order valence-corrected chi connectivity index (χ2v) is 4.86. The molecule has 0 aliphatic rings. The highest BCUT2D eigenvalue weighted by Gasteiger charge is 2.23. The fourth-order valence-corrected chi connectivity index (χ4v) is 1.78. The maximum Gasteiger partial charge on any atom is 0.305 e. The Bertz CT molecular complexity index is 439. The van der Waals surface area contributed by atoms with Gasteiger partial charge in [0.15, 0.2) is 5.78 Å². The highest BCUT2D eigenvalue weighted by Crippen LogP contribution is 2.10. The van der Waals surface area contributed by atoms with Crippen LogP contribution < -0.4 is 5.32 Å². The maximum absolute atomic E-state index is 12.3. The van der Waals surface area contributed by atoms with Crippen molar-refractivity contribution in [3.8, 4) is 0 Å². The van der Waals surface area contributed by atoms with Crippen LogP contribution in [-0.2, 0) is 4.79 Å². The summed E-state index contributed by atoms with van der Waals surface area (Å²) in [6.07, 6.45) is 0.647. The molecule has 0 radical (unpaired) electrons. The monoisotopic (exact) mass is 263 g/mol. The van der Waals surface area contributed by atoms with Gasteiger partial charge in [0.25, 0.3) is 0 Å². The van der Waals surface area contributed by atoms with Crippen LogP contribution in [0.4, 0.5) is 0 Å². The zero-order valence-electron chi connectivity index (χ0n) is 11.6. The summed E-state index contributed by atoms with van der Waals surface area (Å²) >= 11 is 0. The van der Waals surface area contributed by atoms with E-state index in [-0.39, 0.29) is 18.2 Å². The number of aryl methyl sites for hydroxylation is 1. The van der Waals surface area contributed by atoms with Crippen molar-refractivity contribution in [1.29, 1.82) is 0 Å². The van der Waals surface area contributed by atoms with E-state index >= 15 is 0 Å². The van der Waals surface area contributed by atoms with Gasteiger partial charge in [-0.3, -0.25) is 9.59 Å². The average molecular weight is 263 g/mol. The van der Waals surface area contributed by atoms with Crippen LogP contribution in [0.25, 0.3) is 0 Å². The summed E-state index contributed by atoms with van der Waals surface area (Å²) in [5, 5.41) is 12.0. The molecule has 0 saturated carbocycles. The molecule has 0 amide bonds. The molecule has 4 heteroatoms. The Kier molecular flexibility index (Phi) is 5.70. The van der Waals surface area contributed by atoms with Gasteiger partial charge in [0.05, 0.1) is 12.5 Å². The predicted molar refractivity (Wildman–Crippen MR) is 74.4 cm³/mol. The fourth-order valence-electron chi connectivity index (χ4n) is 1.78. The number of ketones is 1. The molecule has 1 aromatic rings. The number of carboxylic acids is 1. The predicted octanol–water partition coefficient (Wildman–Crippen LogP) is 2.41. The lowest BCUT2D eigenvalue weighted by atomic mass is 9.99. The third kappa shape index (κ3) is 4.83. The molecule has 19 heavy (non-hydrogen) atoms. The SMILES string of the molecule is CCC(C)NC(CC(=O)O)C(=O)c1ccc(C)cc1. The number of carboxylic acid groups (broad SMARTS) is 1. The first-order chi connectivity index (χ1) is 8.93. The summed E-state index contributed by atoms with van der Waals surface area (Å²) in [7, 11) is 0. The van der Waals surface area contributed by atoms with Gasteiger partial charge < -0.3 is 10.4 Å². The molecule has 104 valence electrons. The number of aliphatic carboxylic acids is 1. The summed E-state index contributed by atoms with van der Waals surface area (Å²) in [6.45, 7) is 5.88. The van der Waals surface area contributed by atoms with Gasteiger partial charge in [-0.1, -0.05) is 36.8 Å². The van der Waals surface area contributed by atoms with Crippen molar-refractivity contribution >= 4 is 11.8 Å². The van der Waals surface area contributed by atoms with Crippen LogP contribution in [0.3, 0.4) is 0 Å². The molecule has 0 saturated heterocycles. The first kappa shape index (κ1) is 15.4. The Morgan fingerprint density at radius 2 is 1.84 bits per heavy atom. The van der Waals surface area contributed by atoms with Crippen molar-refractivity contribution in [2.75, 3.05) is 0 Å². The molecule has 2 unspecified atom stereocenters. The quantitative estimate of drug-likeness (QED) is 0.741. The number of Topliss-reactive ketones (excluding diaryl/α,β-unsaturated/α-hetero) is 1. The third-order valence-corrected chi connectivity index (χ3v) is 3.13. The maximum atomic E-state index is 12.3. The van der Waals surface area contributed by atoms with E-state index < -0.39 is 12.0 Å². The van der Waals surface area contributed by atoms with Crippen LogP contribution in [0, 0.1) is 6.92 Å². The zero-order valence-corrected chi connectivity index (χ0v) is 11.6. The zero-order chi connectivity index (χ0) is 14.4. The molecule has 2 N–H and O–H groups in total. The number of carbonyl (C=O) groups excluding carboxylic acids is 1. The van der Waals surface area contributed by atoms with Crippen molar-refractivity contribution in [2.24, 2.45) is 0 Å². The van der Waals surface area contributed by atoms with Gasteiger partial charge in [-0.25, -0.2) is 0 Å². The average Bonchev–Trinajstić information content (AvgIpc) is 2.37. The van der Waals surface area contributed by atoms with Crippen LogP contribution in [0.15, 0.2) is 24.3 Å². The smallest absolute Gasteiger partial charge is 0.305 e. The van der Waals surface area contributed by atoms with E-state index in [4.69, 9.17) is 5.11 Å². The largest absolute Gasteiger partial charge is 0.481 e. The van der Waals surface area contributed by atoms with Gasteiger partial charge in [0.2, 0.25) is 0 Å². The molecule has 0 spiro atoms. The lowest BCUT2D eigenvalue weighted by Crippen LogP contribution is -2.43. The first-order valence-corrected chi connectivity index (χ1v) is 6.52. The van der Waals surface area contributed by atoms with Crippen LogP contribution >= 0.6 is 0 Å². The molecule has 0 aliphatic carbocycles. The Morgan fingerprint density at radius 3 is 2.32 bits per heavy atom. The molecule has 2 atom stereocenters. The molecule has 4 nitrogen and oxygen atoms in total. The number of rotatable bonds is 7. The molecular weight excluding hydrogens is 242 g/mol. The highest BCUT2D eigenvalue weighted by atomic mass is 16.4. The van der Waals surface area contributed by atoms with Gasteiger partial charge >= 0.3 is 5.97 Å². The third-order valence-electron chi connectivity index (χ3n) is 3.13. The summed E-state index contributed by atoms with van der Waals surface area (Å²) < 4.78 is 0. The van der Waals surface area contributed by atoms with Gasteiger partial charge in [0, 0.05) is 11.6 Å². The number of carbonyl (C=O) groups is 2. The minimum Gasteiger partial charge on any atom is -0.481 e. The van der Waals surface area contributed by atoms with E-state index in [9.17, 15) is 9.59 Å². The van der Waals surface area contributed by atoms with Gasteiger partial charge in [0.1, 0.15) is 0 Å². The molecule has 0 aromatic heterocycles. The van der Waals surface area contributed by atoms with Gasteiger partial charge in [-0.05, 0) is 20.3 Å². The van der Waals surface area contributed by atoms with E-state index in [1.807, 2.05) is 32.9 Å². The molecule has 0 fully saturated rings. The van der Waals surface area contributed by atoms with E-state index in [1.165, 1.54) is 0 Å². The molecule has 0 aliphatic heterocycles. The van der Waals surface area contributed by atoms with Gasteiger partial charge in [-0.15, -0.1) is 0 Å². The topological polar surface area (TPSA) is 66.4 Å². The second-order valence-electron chi connectivity index (χ2n) is 4.86. The summed E-state index contributed by atoms with van der Waals surface area (Å²) in [5.41, 5.74) is 1.62. The molecule has 0 bridgehead atoms. The van der Waals surface area contributed by atoms with Crippen LogP contribution in [0.5, 0.6) is 0 Å². The fraction of sp³-hybridized carbons (Fsp3) is 0.467. The van der Waals surface area contributed by atoms with Crippen molar-refractivity contribution in [3.63, 3.8) is 0 Å². The summed E-state index contributed by atoms with van der Waals surface area (Å²) in [5.74, 6) is -1.14. The lowest BCUT2D eigenvalue weighted by Gasteiger charge is -2.20. The minimum absolute atomic E-state index is 0.110. The Hall–Kier alpha value is -1.68. The standard InChI is InChI=1S/C15H21NO3/c1-4-11(3)16-13(9-14(17)18)15(19)12-7-5-10(2)6-8-12/h5-8,11,13,16H,4,9H2,1-3H3,(H,17,18). The number of nitrogens with one attached hydrogen (secondary N) is 1. The number of benzene rings is 1. The minimum atomic E-state index is -0.971. The number of hydrogen-bond acceptors (Lipinski definition) is 3. The van der Waals surface area contributed by atoms with Crippen molar-refractivity contribution < 1.29 is 14.7 Å². The van der Waals surface area contributed by atoms with Crippen LogP contribution in [-0.4, -0.2) is 28.9 Å². The van der Waals surface area contributed by atoms with Crippen molar-refractivity contribution in [2.45, 2.75) is 45.7 Å².